The highest BCUT2D eigenvalue weighted by Crippen LogP contribution is 2.53. The first kappa shape index (κ1) is 20.4. The van der Waals surface area contributed by atoms with E-state index in [2.05, 4.69) is 132 Å². The Kier molecular flexibility index (Phi) is 4.89. The van der Waals surface area contributed by atoms with Crippen molar-refractivity contribution in [3.63, 3.8) is 0 Å². The first-order valence-corrected chi connectivity index (χ1v) is 12.6. The van der Waals surface area contributed by atoms with Gasteiger partial charge in [0.15, 0.2) is 0 Å². The van der Waals surface area contributed by atoms with E-state index >= 15 is 0 Å². The minimum atomic E-state index is 0.218. The molecule has 0 atom stereocenters. The van der Waals surface area contributed by atoms with Crippen LogP contribution in [0.2, 0.25) is 0 Å². The van der Waals surface area contributed by atoms with Gasteiger partial charge in [-0.3, -0.25) is 4.90 Å². The molecule has 2 aliphatic rings. The molecule has 7 rings (SSSR count). The molecule has 0 radical (unpaired) electrons. The second kappa shape index (κ2) is 8.37. The number of benzene rings is 5. The van der Waals surface area contributed by atoms with Crippen LogP contribution in [-0.4, -0.2) is 11.4 Å². The lowest BCUT2D eigenvalue weighted by molar-refractivity contribution is 0.188. The number of hydrogen-bond acceptors (Lipinski definition) is 1. The lowest BCUT2D eigenvalue weighted by Crippen LogP contribution is -2.34. The smallest absolute Gasteiger partial charge is 0.0622 e. The summed E-state index contributed by atoms with van der Waals surface area (Å²) in [6.45, 7) is 0.977. The van der Waals surface area contributed by atoms with E-state index in [1.165, 1.54) is 50.1 Å². The van der Waals surface area contributed by atoms with Gasteiger partial charge in [-0.05, 0) is 56.5 Å². The molecule has 168 valence electrons. The largest absolute Gasteiger partial charge is 0.281 e. The van der Waals surface area contributed by atoms with Crippen LogP contribution in [0.3, 0.4) is 0 Å². The summed E-state index contributed by atoms with van der Waals surface area (Å²) >= 11 is 0. The molecule has 0 amide bonds. The average molecular weight is 450 g/mol. The second-order valence-corrected chi connectivity index (χ2v) is 9.63. The summed E-state index contributed by atoms with van der Waals surface area (Å²) in [6.07, 6.45) is 1.02. The molecule has 1 heteroatoms. The van der Waals surface area contributed by atoms with Gasteiger partial charge in [-0.15, -0.1) is 0 Å². The molecule has 0 saturated heterocycles. The van der Waals surface area contributed by atoms with Crippen LogP contribution >= 0.6 is 0 Å². The van der Waals surface area contributed by atoms with Gasteiger partial charge in [0, 0.05) is 6.54 Å². The van der Waals surface area contributed by atoms with E-state index in [0.717, 1.165) is 13.0 Å². The van der Waals surface area contributed by atoms with Crippen molar-refractivity contribution < 1.29 is 0 Å². The normalized spacial score (nSPS) is 14.0. The van der Waals surface area contributed by atoms with Gasteiger partial charge in [0.25, 0.3) is 0 Å². The Morgan fingerprint density at radius 2 is 0.743 bits per heavy atom. The topological polar surface area (TPSA) is 3.24 Å². The van der Waals surface area contributed by atoms with Crippen LogP contribution < -0.4 is 0 Å². The van der Waals surface area contributed by atoms with E-state index < -0.39 is 0 Å². The van der Waals surface area contributed by atoms with E-state index in [0.29, 0.717) is 0 Å². The summed E-state index contributed by atoms with van der Waals surface area (Å²) in [6, 6.07) is 47.4. The highest BCUT2D eigenvalue weighted by Gasteiger charge is 2.40. The van der Waals surface area contributed by atoms with Gasteiger partial charge in [-0.25, -0.2) is 0 Å². The van der Waals surface area contributed by atoms with Gasteiger partial charge in [0.1, 0.15) is 0 Å². The van der Waals surface area contributed by atoms with Gasteiger partial charge in [0.05, 0.1) is 12.1 Å². The molecular weight excluding hydrogens is 422 g/mol. The maximum atomic E-state index is 2.77. The fourth-order valence-electron chi connectivity index (χ4n) is 6.28. The molecule has 0 saturated carbocycles. The Morgan fingerprint density at radius 1 is 0.400 bits per heavy atom. The van der Waals surface area contributed by atoms with E-state index in [4.69, 9.17) is 0 Å². The van der Waals surface area contributed by atoms with Crippen molar-refractivity contribution in [1.29, 1.82) is 0 Å². The summed E-state index contributed by atoms with van der Waals surface area (Å²) in [5.41, 5.74) is 12.6. The van der Waals surface area contributed by atoms with Crippen molar-refractivity contribution in [3.8, 4) is 22.3 Å². The van der Waals surface area contributed by atoms with Crippen molar-refractivity contribution in [2.75, 3.05) is 6.54 Å². The highest BCUT2D eigenvalue weighted by molar-refractivity contribution is 5.81. The minimum absolute atomic E-state index is 0.218. The van der Waals surface area contributed by atoms with Crippen LogP contribution in [0.4, 0.5) is 0 Å². The summed E-state index contributed by atoms with van der Waals surface area (Å²) in [7, 11) is 0. The lowest BCUT2D eigenvalue weighted by Gasteiger charge is -2.37. The molecule has 0 fully saturated rings. The number of hydrogen-bond donors (Lipinski definition) is 0. The third-order valence-electron chi connectivity index (χ3n) is 7.77. The molecule has 0 bridgehead atoms. The lowest BCUT2D eigenvalue weighted by atomic mass is 9.95. The minimum Gasteiger partial charge on any atom is -0.281 e. The number of nitrogens with zero attached hydrogens (tertiary/aromatic N) is 1. The van der Waals surface area contributed by atoms with Crippen molar-refractivity contribution in [1.82, 2.24) is 4.90 Å². The predicted octanol–water partition coefficient (Wildman–Crippen LogP) is 8.07. The molecule has 0 N–H and O–H groups in total. The molecular formula is C34H27N. The third kappa shape index (κ3) is 3.27. The molecule has 0 spiro atoms. The Bertz CT molecular complexity index is 1330. The first-order chi connectivity index (χ1) is 17.4. The van der Waals surface area contributed by atoms with Gasteiger partial charge in [-0.2, -0.15) is 0 Å². The molecule has 2 aliphatic carbocycles. The highest BCUT2D eigenvalue weighted by atomic mass is 15.2. The summed E-state index contributed by atoms with van der Waals surface area (Å²) in [4.78, 5) is 2.77. The summed E-state index contributed by atoms with van der Waals surface area (Å²) in [5, 5.41) is 0. The zero-order chi connectivity index (χ0) is 23.2. The molecule has 35 heavy (non-hydrogen) atoms. The average Bonchev–Trinajstić information content (AvgIpc) is 3.44. The van der Waals surface area contributed by atoms with Crippen molar-refractivity contribution in [2.45, 2.75) is 18.5 Å². The summed E-state index contributed by atoms with van der Waals surface area (Å²) < 4.78 is 0. The Hall–Kier alpha value is -3.94. The van der Waals surface area contributed by atoms with Gasteiger partial charge in [0.2, 0.25) is 0 Å². The second-order valence-electron chi connectivity index (χ2n) is 9.63. The van der Waals surface area contributed by atoms with Crippen LogP contribution in [0, 0.1) is 0 Å². The van der Waals surface area contributed by atoms with Crippen LogP contribution in [0.25, 0.3) is 22.3 Å². The molecule has 5 aromatic carbocycles. The first-order valence-electron chi connectivity index (χ1n) is 12.6. The van der Waals surface area contributed by atoms with E-state index in [1.807, 2.05) is 0 Å². The van der Waals surface area contributed by atoms with Crippen molar-refractivity contribution in [2.24, 2.45) is 0 Å². The molecule has 0 heterocycles. The van der Waals surface area contributed by atoms with Crippen LogP contribution in [0.1, 0.15) is 39.9 Å². The van der Waals surface area contributed by atoms with Gasteiger partial charge in [-0.1, -0.05) is 127 Å². The van der Waals surface area contributed by atoms with Crippen molar-refractivity contribution in [3.05, 3.63) is 155 Å². The number of fused-ring (bicyclic) bond motifs is 6. The van der Waals surface area contributed by atoms with Crippen molar-refractivity contribution >= 4 is 0 Å². The molecule has 0 aliphatic heterocycles. The SMILES string of the molecule is c1ccc(CCN(C2c3ccccc3-c3ccccc32)C2c3ccccc3-c3ccccc32)cc1. The zero-order valence-corrected chi connectivity index (χ0v) is 19.6. The van der Waals surface area contributed by atoms with Crippen LogP contribution in [0.5, 0.6) is 0 Å². The van der Waals surface area contributed by atoms with Crippen LogP contribution in [-0.2, 0) is 6.42 Å². The maximum Gasteiger partial charge on any atom is 0.0622 e. The van der Waals surface area contributed by atoms with E-state index in [-0.39, 0.29) is 12.1 Å². The quantitative estimate of drug-likeness (QED) is 0.262. The predicted molar refractivity (Wildman–Crippen MR) is 144 cm³/mol. The monoisotopic (exact) mass is 449 g/mol. The number of rotatable bonds is 5. The third-order valence-corrected chi connectivity index (χ3v) is 7.77. The maximum absolute atomic E-state index is 2.77. The zero-order valence-electron chi connectivity index (χ0n) is 19.6. The Labute approximate surface area is 207 Å². The van der Waals surface area contributed by atoms with Gasteiger partial charge < -0.3 is 0 Å². The Balaban J connectivity index is 1.42. The fourth-order valence-corrected chi connectivity index (χ4v) is 6.28. The van der Waals surface area contributed by atoms with E-state index in [9.17, 15) is 0 Å². The molecule has 0 unspecified atom stereocenters. The van der Waals surface area contributed by atoms with Crippen LogP contribution in [0.15, 0.2) is 127 Å². The standard InChI is InChI=1S/C34H27N/c1-2-12-24(13-3-1)22-23-35(33-29-18-8-4-14-25(29)26-15-5-9-19-30(26)33)34-31-20-10-6-16-27(31)28-17-7-11-21-32(28)34/h1-21,33-34H,22-23H2. The Morgan fingerprint density at radius 3 is 1.14 bits per heavy atom. The molecule has 5 aromatic rings. The van der Waals surface area contributed by atoms with Gasteiger partial charge >= 0.3 is 0 Å². The molecule has 1 nitrogen and oxygen atoms in total. The fraction of sp³-hybridized carbons (Fsp3) is 0.118. The summed E-state index contributed by atoms with van der Waals surface area (Å²) in [5.74, 6) is 0. The van der Waals surface area contributed by atoms with E-state index in [1.54, 1.807) is 0 Å². The molecule has 0 aromatic heterocycles.